The van der Waals surface area contributed by atoms with Crippen molar-refractivity contribution in [3.05, 3.63) is 34.1 Å². The molecule has 0 aromatic heterocycles. The number of nitro benzene ring substituents is 1. The molecule has 21 heavy (non-hydrogen) atoms. The van der Waals surface area contributed by atoms with Gasteiger partial charge in [0.1, 0.15) is 5.82 Å². The van der Waals surface area contributed by atoms with Gasteiger partial charge in [-0.25, -0.2) is 4.39 Å². The number of fused-ring (bicyclic) bond motifs is 2. The summed E-state index contributed by atoms with van der Waals surface area (Å²) < 4.78 is 13.7. The number of hydrogen-bond donors (Lipinski definition) is 2. The number of rotatable bonds is 3. The summed E-state index contributed by atoms with van der Waals surface area (Å²) in [5.74, 6) is 0.868. The molecule has 2 bridgehead atoms. The molecule has 1 aromatic rings. The molecule has 5 nitrogen and oxygen atoms in total. The highest BCUT2D eigenvalue weighted by Crippen LogP contribution is 2.44. The zero-order valence-electron chi connectivity index (χ0n) is 11.3. The molecule has 1 aromatic carbocycles. The minimum Gasteiger partial charge on any atom is -0.359 e. The van der Waals surface area contributed by atoms with Crippen LogP contribution in [-0.4, -0.2) is 16.1 Å². The zero-order valence-corrected chi connectivity index (χ0v) is 12.2. The van der Waals surface area contributed by atoms with Crippen LogP contribution in [-0.2, 0) is 0 Å². The quantitative estimate of drug-likeness (QED) is 0.510. The Morgan fingerprint density at radius 3 is 2.81 bits per heavy atom. The van der Waals surface area contributed by atoms with Crippen molar-refractivity contribution in [3.63, 3.8) is 0 Å². The maximum Gasteiger partial charge on any atom is 0.271 e. The van der Waals surface area contributed by atoms with Crippen LogP contribution in [0.1, 0.15) is 25.7 Å². The Kier molecular flexibility index (Phi) is 3.75. The molecule has 0 radical (unpaired) electrons. The van der Waals surface area contributed by atoms with Crippen LogP contribution in [0.2, 0.25) is 0 Å². The summed E-state index contributed by atoms with van der Waals surface area (Å²) >= 11 is 5.20. The molecule has 112 valence electrons. The van der Waals surface area contributed by atoms with Crippen molar-refractivity contribution >= 4 is 28.7 Å². The van der Waals surface area contributed by atoms with Gasteiger partial charge in [-0.2, -0.15) is 0 Å². The van der Waals surface area contributed by atoms with E-state index in [1.54, 1.807) is 0 Å². The van der Waals surface area contributed by atoms with E-state index < -0.39 is 10.7 Å². The Balaban J connectivity index is 1.64. The van der Waals surface area contributed by atoms with Gasteiger partial charge >= 0.3 is 0 Å². The molecule has 2 fully saturated rings. The van der Waals surface area contributed by atoms with E-state index in [1.807, 2.05) is 0 Å². The van der Waals surface area contributed by atoms with Crippen LogP contribution in [0.15, 0.2) is 18.2 Å². The third kappa shape index (κ3) is 2.97. The first-order valence-corrected chi connectivity index (χ1v) is 7.45. The molecule has 0 amide bonds. The first-order valence-electron chi connectivity index (χ1n) is 7.04. The van der Waals surface area contributed by atoms with Gasteiger partial charge in [0.2, 0.25) is 0 Å². The normalized spacial score (nSPS) is 26.6. The van der Waals surface area contributed by atoms with Crippen molar-refractivity contribution in [2.45, 2.75) is 31.7 Å². The van der Waals surface area contributed by atoms with Crippen LogP contribution in [0, 0.1) is 27.8 Å². The fourth-order valence-electron chi connectivity index (χ4n) is 3.47. The van der Waals surface area contributed by atoms with E-state index in [2.05, 4.69) is 10.6 Å². The predicted octanol–water partition coefficient (Wildman–Crippen LogP) is 3.21. The molecule has 0 heterocycles. The third-order valence-corrected chi connectivity index (χ3v) is 4.68. The summed E-state index contributed by atoms with van der Waals surface area (Å²) in [5, 5.41) is 17.0. The summed E-state index contributed by atoms with van der Waals surface area (Å²) in [6.45, 7) is 0. The Morgan fingerprint density at radius 2 is 2.19 bits per heavy atom. The largest absolute Gasteiger partial charge is 0.359 e. The summed E-state index contributed by atoms with van der Waals surface area (Å²) in [6.07, 6.45) is 4.86. The Morgan fingerprint density at radius 1 is 1.38 bits per heavy atom. The van der Waals surface area contributed by atoms with Crippen LogP contribution in [0.25, 0.3) is 0 Å². The number of benzene rings is 1. The highest BCUT2D eigenvalue weighted by Gasteiger charge is 2.39. The number of halogens is 1. The molecule has 3 atom stereocenters. The number of thiocarbonyl (C=S) groups is 1. The molecule has 3 rings (SSSR count). The molecule has 2 N–H and O–H groups in total. The van der Waals surface area contributed by atoms with Gasteiger partial charge in [-0.15, -0.1) is 0 Å². The average molecular weight is 309 g/mol. The molecule has 2 aliphatic carbocycles. The van der Waals surface area contributed by atoms with Gasteiger partial charge < -0.3 is 10.6 Å². The lowest BCUT2D eigenvalue weighted by molar-refractivity contribution is -0.384. The molecule has 2 aliphatic rings. The number of nitrogens with one attached hydrogen (secondary N) is 2. The minimum absolute atomic E-state index is 0.0323. The van der Waals surface area contributed by atoms with Crippen LogP contribution in [0.4, 0.5) is 15.8 Å². The van der Waals surface area contributed by atoms with Gasteiger partial charge in [0.05, 0.1) is 10.6 Å². The lowest BCUT2D eigenvalue weighted by Crippen LogP contribution is -2.40. The summed E-state index contributed by atoms with van der Waals surface area (Å²) in [5.41, 5.74) is -0.133. The number of nitro groups is 1. The van der Waals surface area contributed by atoms with E-state index in [9.17, 15) is 14.5 Å². The van der Waals surface area contributed by atoms with Crippen LogP contribution >= 0.6 is 12.2 Å². The van der Waals surface area contributed by atoms with Crippen molar-refractivity contribution in [1.82, 2.24) is 5.32 Å². The highest BCUT2D eigenvalue weighted by atomic mass is 32.1. The molecule has 7 heteroatoms. The fourth-order valence-corrected chi connectivity index (χ4v) is 3.73. The van der Waals surface area contributed by atoms with E-state index in [0.717, 1.165) is 30.5 Å². The fraction of sp³-hybridized carbons (Fsp3) is 0.500. The third-order valence-electron chi connectivity index (χ3n) is 4.46. The zero-order chi connectivity index (χ0) is 15.0. The predicted molar refractivity (Wildman–Crippen MR) is 81.6 cm³/mol. The van der Waals surface area contributed by atoms with Gasteiger partial charge in [0.25, 0.3) is 5.69 Å². The van der Waals surface area contributed by atoms with E-state index in [0.29, 0.717) is 17.1 Å². The maximum absolute atomic E-state index is 13.7. The molecule has 0 aliphatic heterocycles. The van der Waals surface area contributed by atoms with Crippen LogP contribution in [0.3, 0.4) is 0 Å². The minimum atomic E-state index is -0.559. The number of nitrogens with zero attached hydrogens (tertiary/aromatic N) is 1. The van der Waals surface area contributed by atoms with Gasteiger partial charge in [0.15, 0.2) is 5.11 Å². The Labute approximate surface area is 127 Å². The first kappa shape index (κ1) is 14.2. The smallest absolute Gasteiger partial charge is 0.271 e. The van der Waals surface area contributed by atoms with Crippen molar-refractivity contribution in [3.8, 4) is 0 Å². The molecule has 0 unspecified atom stereocenters. The monoisotopic (exact) mass is 309 g/mol. The Hall–Kier alpha value is -1.76. The SMILES string of the molecule is O=[N+]([O-])c1ccc(F)c(NC(=S)N[C@H]2C[C@H]3CC[C@H]2C3)c1. The van der Waals surface area contributed by atoms with Crippen molar-refractivity contribution in [1.29, 1.82) is 0 Å². The van der Waals surface area contributed by atoms with E-state index in [4.69, 9.17) is 12.2 Å². The second-order valence-electron chi connectivity index (χ2n) is 5.80. The van der Waals surface area contributed by atoms with E-state index >= 15 is 0 Å². The van der Waals surface area contributed by atoms with Gasteiger partial charge in [-0.05, 0) is 49.4 Å². The first-order chi connectivity index (χ1) is 10.0. The molecule has 0 saturated heterocycles. The van der Waals surface area contributed by atoms with Crippen molar-refractivity contribution in [2.75, 3.05) is 5.32 Å². The summed E-state index contributed by atoms with van der Waals surface area (Å²) in [4.78, 5) is 10.2. The lowest BCUT2D eigenvalue weighted by atomic mass is 9.96. The standard InChI is InChI=1S/C14H16FN3O2S/c15-11-4-3-10(18(19)20)7-13(11)17-14(21)16-12-6-8-1-2-9(12)5-8/h3-4,7-9,12H,1-2,5-6H2,(H2,16,17,21)/t8-,9-,12-/m0/s1. The second kappa shape index (κ2) is 5.55. The lowest BCUT2D eigenvalue weighted by Gasteiger charge is -2.24. The number of non-ortho nitro benzene ring substituents is 1. The summed E-state index contributed by atoms with van der Waals surface area (Å²) in [7, 11) is 0. The number of anilines is 1. The van der Waals surface area contributed by atoms with E-state index in [-0.39, 0.29) is 11.4 Å². The molecular formula is C14H16FN3O2S. The van der Waals surface area contributed by atoms with Gasteiger partial charge in [0, 0.05) is 18.2 Å². The molecular weight excluding hydrogens is 293 g/mol. The summed E-state index contributed by atoms with van der Waals surface area (Å²) in [6, 6.07) is 3.70. The maximum atomic E-state index is 13.7. The van der Waals surface area contributed by atoms with Crippen molar-refractivity contribution < 1.29 is 9.31 Å². The van der Waals surface area contributed by atoms with Gasteiger partial charge in [-0.1, -0.05) is 6.42 Å². The van der Waals surface area contributed by atoms with Crippen LogP contribution in [0.5, 0.6) is 0 Å². The molecule has 0 spiro atoms. The van der Waals surface area contributed by atoms with Gasteiger partial charge in [-0.3, -0.25) is 10.1 Å². The second-order valence-corrected chi connectivity index (χ2v) is 6.21. The highest BCUT2D eigenvalue weighted by molar-refractivity contribution is 7.80. The topological polar surface area (TPSA) is 67.2 Å². The van der Waals surface area contributed by atoms with Crippen molar-refractivity contribution in [2.24, 2.45) is 11.8 Å². The Bertz CT molecular complexity index is 596. The average Bonchev–Trinajstić information content (AvgIpc) is 3.03. The number of hydrogen-bond acceptors (Lipinski definition) is 3. The van der Waals surface area contributed by atoms with E-state index in [1.165, 1.54) is 19.3 Å². The van der Waals surface area contributed by atoms with Crippen LogP contribution < -0.4 is 10.6 Å². The molecule has 2 saturated carbocycles.